The molecule has 1 saturated heterocycles. The van der Waals surface area contributed by atoms with Crippen LogP contribution in [0.1, 0.15) is 6.42 Å². The summed E-state index contributed by atoms with van der Waals surface area (Å²) in [6, 6.07) is 7.86. The molecule has 1 aromatic carbocycles. The highest BCUT2D eigenvalue weighted by Gasteiger charge is 2.20. The van der Waals surface area contributed by atoms with Crippen molar-refractivity contribution in [2.24, 2.45) is 0 Å². The third-order valence-corrected chi connectivity index (χ3v) is 4.63. The van der Waals surface area contributed by atoms with Gasteiger partial charge in [-0.05, 0) is 24.3 Å². The van der Waals surface area contributed by atoms with Crippen LogP contribution in [0.15, 0.2) is 42.0 Å². The highest BCUT2D eigenvalue weighted by atomic mass is 32.1. The Morgan fingerprint density at radius 3 is 2.96 bits per heavy atom. The summed E-state index contributed by atoms with van der Waals surface area (Å²) in [6.07, 6.45) is 4.50. The largest absolute Gasteiger partial charge is 0.493 e. The predicted octanol–water partition coefficient (Wildman–Crippen LogP) is 3.17. The van der Waals surface area contributed by atoms with Gasteiger partial charge < -0.3 is 14.2 Å². The predicted molar refractivity (Wildman–Crippen MR) is 91.1 cm³/mol. The normalized spacial score (nSPS) is 17.1. The number of methoxy groups -OCH3 is 1. The molecule has 0 radical (unpaired) electrons. The first kappa shape index (κ1) is 15.2. The molecule has 7 heteroatoms. The summed E-state index contributed by atoms with van der Waals surface area (Å²) in [5.74, 6) is 1.43. The van der Waals surface area contributed by atoms with E-state index in [2.05, 4.69) is 10.1 Å². The van der Waals surface area contributed by atoms with Crippen molar-refractivity contribution in [1.82, 2.24) is 14.8 Å². The molecule has 124 valence electrons. The fourth-order valence-corrected chi connectivity index (χ4v) is 3.32. The van der Waals surface area contributed by atoms with Crippen LogP contribution in [0.25, 0.3) is 16.4 Å². The zero-order chi connectivity index (χ0) is 16.4. The quantitative estimate of drug-likeness (QED) is 0.712. The molecule has 6 nitrogen and oxygen atoms in total. The third-order valence-electron chi connectivity index (χ3n) is 3.88. The standard InChI is InChI=1S/C17H17N3O3S/c1-21-15-3-2-12(10-16(15)23-13-5-8-22-11-13)14-4-6-19-20(14)17-18-7-9-24-17/h2-4,6-7,9-10,13H,5,8,11H2,1H3/t13-/m1/s1. The maximum Gasteiger partial charge on any atom is 0.210 e. The highest BCUT2D eigenvalue weighted by Crippen LogP contribution is 2.34. The Kier molecular flexibility index (Phi) is 4.18. The summed E-state index contributed by atoms with van der Waals surface area (Å²) in [5, 5.41) is 7.15. The smallest absolute Gasteiger partial charge is 0.210 e. The SMILES string of the molecule is COc1ccc(-c2ccnn2-c2nccs2)cc1O[C@@H]1CCOC1. The van der Waals surface area contributed by atoms with Crippen molar-refractivity contribution in [3.8, 4) is 27.9 Å². The van der Waals surface area contributed by atoms with Crippen LogP contribution in [0, 0.1) is 0 Å². The molecule has 0 amide bonds. The molecule has 1 fully saturated rings. The van der Waals surface area contributed by atoms with E-state index in [0.29, 0.717) is 12.4 Å². The molecule has 0 saturated carbocycles. The van der Waals surface area contributed by atoms with E-state index in [1.165, 1.54) is 0 Å². The van der Waals surface area contributed by atoms with Crippen LogP contribution in [-0.2, 0) is 4.74 Å². The maximum atomic E-state index is 6.07. The van der Waals surface area contributed by atoms with Gasteiger partial charge in [0.2, 0.25) is 5.13 Å². The van der Waals surface area contributed by atoms with E-state index in [-0.39, 0.29) is 6.10 Å². The number of rotatable bonds is 5. The van der Waals surface area contributed by atoms with Gasteiger partial charge >= 0.3 is 0 Å². The molecule has 0 spiro atoms. The number of hydrogen-bond acceptors (Lipinski definition) is 6. The van der Waals surface area contributed by atoms with E-state index in [1.807, 2.05) is 34.3 Å². The van der Waals surface area contributed by atoms with Gasteiger partial charge in [-0.1, -0.05) is 0 Å². The second-order valence-electron chi connectivity index (χ2n) is 5.41. The van der Waals surface area contributed by atoms with Crippen molar-refractivity contribution >= 4 is 11.3 Å². The number of ether oxygens (including phenoxy) is 3. The Labute approximate surface area is 143 Å². The fourth-order valence-electron chi connectivity index (χ4n) is 2.71. The molecular weight excluding hydrogens is 326 g/mol. The summed E-state index contributed by atoms with van der Waals surface area (Å²) >= 11 is 1.54. The van der Waals surface area contributed by atoms with E-state index >= 15 is 0 Å². The minimum Gasteiger partial charge on any atom is -0.493 e. The molecule has 24 heavy (non-hydrogen) atoms. The molecule has 0 bridgehead atoms. The molecule has 3 aromatic rings. The third kappa shape index (κ3) is 2.88. The van der Waals surface area contributed by atoms with Crippen LogP contribution in [-0.4, -0.2) is 41.2 Å². The number of nitrogens with zero attached hydrogens (tertiary/aromatic N) is 3. The summed E-state index contributed by atoms with van der Waals surface area (Å²) in [4.78, 5) is 4.33. The van der Waals surface area contributed by atoms with Gasteiger partial charge in [-0.3, -0.25) is 0 Å². The van der Waals surface area contributed by atoms with Gasteiger partial charge in [-0.25, -0.2) is 9.67 Å². The summed E-state index contributed by atoms with van der Waals surface area (Å²) in [5.41, 5.74) is 1.96. The molecule has 1 atom stereocenters. The first-order chi connectivity index (χ1) is 11.8. The van der Waals surface area contributed by atoms with E-state index in [1.54, 1.807) is 30.8 Å². The lowest BCUT2D eigenvalue weighted by Crippen LogP contribution is -2.16. The number of thiazole rings is 1. The molecule has 4 rings (SSSR count). The molecule has 3 heterocycles. The van der Waals surface area contributed by atoms with Crippen molar-refractivity contribution in [1.29, 1.82) is 0 Å². The second kappa shape index (κ2) is 6.62. The topological polar surface area (TPSA) is 58.4 Å². The maximum absolute atomic E-state index is 6.07. The minimum atomic E-state index is 0.0676. The minimum absolute atomic E-state index is 0.0676. The Morgan fingerprint density at radius 2 is 2.21 bits per heavy atom. The average molecular weight is 343 g/mol. The van der Waals surface area contributed by atoms with Crippen molar-refractivity contribution in [3.05, 3.63) is 42.0 Å². The van der Waals surface area contributed by atoms with Crippen LogP contribution in [0.4, 0.5) is 0 Å². The fraction of sp³-hybridized carbons (Fsp3) is 0.294. The first-order valence-electron chi connectivity index (χ1n) is 7.72. The molecule has 0 unspecified atom stereocenters. The molecule has 2 aromatic heterocycles. The van der Waals surface area contributed by atoms with Gasteiger partial charge in [0.25, 0.3) is 0 Å². The molecule has 1 aliphatic heterocycles. The van der Waals surface area contributed by atoms with Gasteiger partial charge in [0.15, 0.2) is 11.5 Å². The van der Waals surface area contributed by atoms with Crippen LogP contribution < -0.4 is 9.47 Å². The van der Waals surface area contributed by atoms with Gasteiger partial charge in [-0.2, -0.15) is 5.10 Å². The highest BCUT2D eigenvalue weighted by molar-refractivity contribution is 7.12. The van der Waals surface area contributed by atoms with Crippen LogP contribution in [0.2, 0.25) is 0 Å². The summed E-state index contributed by atoms with van der Waals surface area (Å²) in [6.45, 7) is 1.36. The Bertz CT molecular complexity index is 810. The van der Waals surface area contributed by atoms with Crippen LogP contribution in [0.3, 0.4) is 0 Å². The Morgan fingerprint density at radius 1 is 1.25 bits per heavy atom. The number of benzene rings is 1. The zero-order valence-electron chi connectivity index (χ0n) is 13.2. The van der Waals surface area contributed by atoms with Crippen molar-refractivity contribution in [3.63, 3.8) is 0 Å². The van der Waals surface area contributed by atoms with E-state index < -0.39 is 0 Å². The Hall–Kier alpha value is -2.38. The van der Waals surface area contributed by atoms with Crippen LogP contribution in [0.5, 0.6) is 11.5 Å². The van der Waals surface area contributed by atoms with Crippen molar-refractivity contribution in [2.45, 2.75) is 12.5 Å². The molecule has 0 aliphatic carbocycles. The van der Waals surface area contributed by atoms with Gasteiger partial charge in [0.05, 0.1) is 32.2 Å². The number of hydrogen-bond donors (Lipinski definition) is 0. The lowest BCUT2D eigenvalue weighted by molar-refractivity contribution is 0.138. The monoisotopic (exact) mass is 343 g/mol. The second-order valence-corrected chi connectivity index (χ2v) is 6.29. The average Bonchev–Trinajstić information content (AvgIpc) is 3.35. The molecule has 1 aliphatic rings. The Balaban J connectivity index is 1.70. The van der Waals surface area contributed by atoms with Crippen LogP contribution >= 0.6 is 11.3 Å². The molecule has 0 N–H and O–H groups in total. The van der Waals surface area contributed by atoms with E-state index in [4.69, 9.17) is 14.2 Å². The lowest BCUT2D eigenvalue weighted by atomic mass is 10.1. The lowest BCUT2D eigenvalue weighted by Gasteiger charge is -2.16. The van der Waals surface area contributed by atoms with Gasteiger partial charge in [-0.15, -0.1) is 11.3 Å². The van der Waals surface area contributed by atoms with E-state index in [0.717, 1.165) is 35.2 Å². The van der Waals surface area contributed by atoms with Crippen molar-refractivity contribution < 1.29 is 14.2 Å². The first-order valence-corrected chi connectivity index (χ1v) is 8.60. The summed E-state index contributed by atoms with van der Waals surface area (Å²) in [7, 11) is 1.65. The van der Waals surface area contributed by atoms with E-state index in [9.17, 15) is 0 Å². The number of aromatic nitrogens is 3. The zero-order valence-corrected chi connectivity index (χ0v) is 14.0. The summed E-state index contributed by atoms with van der Waals surface area (Å²) < 4.78 is 18.7. The van der Waals surface area contributed by atoms with Gasteiger partial charge in [0.1, 0.15) is 6.10 Å². The van der Waals surface area contributed by atoms with Gasteiger partial charge in [0, 0.05) is 23.6 Å². The molecular formula is C17H17N3O3S. The van der Waals surface area contributed by atoms with Crippen molar-refractivity contribution in [2.75, 3.05) is 20.3 Å².